The highest BCUT2D eigenvalue weighted by molar-refractivity contribution is 6.67. The molecule has 0 aromatic heterocycles. The van der Waals surface area contributed by atoms with E-state index in [0.717, 1.165) is 23.1 Å². The molecule has 0 atom stereocenters. The van der Waals surface area contributed by atoms with E-state index >= 15 is 0 Å². The molecule has 1 aliphatic heterocycles. The third-order valence-electron chi connectivity index (χ3n) is 4.66. The maximum atomic E-state index is 6.33. The quantitative estimate of drug-likeness (QED) is 0.508. The Bertz CT molecular complexity index is 738. The maximum absolute atomic E-state index is 6.33. The van der Waals surface area contributed by atoms with Crippen molar-refractivity contribution in [3.8, 4) is 0 Å². The lowest BCUT2D eigenvalue weighted by atomic mass is 9.87. The van der Waals surface area contributed by atoms with Gasteiger partial charge in [-0.2, -0.15) is 0 Å². The Morgan fingerprint density at radius 1 is 1.03 bits per heavy atom. The molecule has 0 aliphatic carbocycles. The molecule has 5 nitrogen and oxygen atoms in total. The van der Waals surface area contributed by atoms with E-state index in [0.29, 0.717) is 25.7 Å². The molecule has 0 radical (unpaired) electrons. The molecule has 0 saturated heterocycles. The van der Waals surface area contributed by atoms with Gasteiger partial charge in [0.2, 0.25) is 5.90 Å². The molecule has 0 bridgehead atoms. The zero-order valence-electron chi connectivity index (χ0n) is 19.3. The van der Waals surface area contributed by atoms with E-state index in [1.807, 2.05) is 38.6 Å². The van der Waals surface area contributed by atoms with Crippen LogP contribution in [0, 0.1) is 6.92 Å². The molecule has 0 saturated carbocycles. The average Bonchev–Trinajstić information content (AvgIpc) is 2.58. The lowest BCUT2D eigenvalue weighted by Crippen LogP contribution is -2.44. The highest BCUT2D eigenvalue weighted by atomic mass is 28.4. The molecular formula is C23H37NO4Si. The van der Waals surface area contributed by atoms with Gasteiger partial charge in [0.1, 0.15) is 5.60 Å². The van der Waals surface area contributed by atoms with Crippen molar-refractivity contribution in [1.29, 1.82) is 0 Å². The van der Waals surface area contributed by atoms with Gasteiger partial charge >= 0.3 is 8.80 Å². The van der Waals surface area contributed by atoms with E-state index in [2.05, 4.69) is 46.8 Å². The van der Waals surface area contributed by atoms with Crippen LogP contribution in [0.5, 0.6) is 0 Å². The van der Waals surface area contributed by atoms with Crippen LogP contribution in [0.1, 0.15) is 71.6 Å². The third kappa shape index (κ3) is 6.25. The number of hydrogen-bond donors (Lipinski definition) is 0. The van der Waals surface area contributed by atoms with E-state index in [-0.39, 0.29) is 11.1 Å². The van der Waals surface area contributed by atoms with Crippen molar-refractivity contribution < 1.29 is 18.0 Å². The predicted octanol–water partition coefficient (Wildman–Crippen LogP) is 5.32. The van der Waals surface area contributed by atoms with Crippen molar-refractivity contribution in [3.05, 3.63) is 40.6 Å². The molecule has 0 amide bonds. The summed E-state index contributed by atoms with van der Waals surface area (Å²) in [6.45, 7) is 18.1. The number of nitrogens with zero attached hydrogens (tertiary/aromatic N) is 1. The number of ether oxygens (including phenoxy) is 1. The standard InChI is InChI=1S/C23H37NO4Si/c1-9-25-29(26-10-2,27-11-3)16-15-19-14-12-13-18(4)20(19)21-24-22(5,6)17-23(7,8)28-21/h12-16H,9-11,17H2,1-8H3/b16-15+. The molecule has 0 spiro atoms. The zero-order chi connectivity index (χ0) is 21.7. The molecule has 1 aromatic carbocycles. The van der Waals surface area contributed by atoms with Crippen LogP contribution in [-0.2, 0) is 18.0 Å². The first-order chi connectivity index (χ1) is 13.6. The van der Waals surface area contributed by atoms with Crippen LogP contribution in [0.4, 0.5) is 0 Å². The number of rotatable bonds is 9. The Hall–Kier alpha value is -1.47. The summed E-state index contributed by atoms with van der Waals surface area (Å²) < 4.78 is 24.2. The van der Waals surface area contributed by atoms with E-state index < -0.39 is 8.80 Å². The maximum Gasteiger partial charge on any atom is 0.529 e. The molecule has 1 heterocycles. The molecule has 1 aliphatic rings. The Balaban J connectivity index is 2.52. The van der Waals surface area contributed by atoms with Crippen molar-refractivity contribution in [2.24, 2.45) is 4.99 Å². The third-order valence-corrected chi connectivity index (χ3v) is 7.31. The Labute approximate surface area is 177 Å². The van der Waals surface area contributed by atoms with Crippen molar-refractivity contribution in [3.63, 3.8) is 0 Å². The molecule has 0 fully saturated rings. The molecule has 6 heteroatoms. The minimum Gasteiger partial charge on any atom is -0.471 e. The summed E-state index contributed by atoms with van der Waals surface area (Å²) in [6.07, 6.45) is 2.91. The van der Waals surface area contributed by atoms with Crippen LogP contribution in [0.3, 0.4) is 0 Å². The second-order valence-corrected chi connectivity index (χ2v) is 10.9. The highest BCUT2D eigenvalue weighted by Gasteiger charge is 2.39. The monoisotopic (exact) mass is 419 g/mol. The van der Waals surface area contributed by atoms with Crippen LogP contribution in [0.2, 0.25) is 0 Å². The van der Waals surface area contributed by atoms with Crippen LogP contribution in [0.15, 0.2) is 28.9 Å². The summed E-state index contributed by atoms with van der Waals surface area (Å²) >= 11 is 0. The number of aliphatic imine (C=N–C) groups is 1. The van der Waals surface area contributed by atoms with Gasteiger partial charge < -0.3 is 18.0 Å². The van der Waals surface area contributed by atoms with Gasteiger partial charge in [0.25, 0.3) is 0 Å². The lowest BCUT2D eigenvalue weighted by molar-refractivity contribution is 0.0472. The molecule has 0 N–H and O–H groups in total. The molecule has 1 aromatic rings. The second-order valence-electron chi connectivity index (χ2n) is 8.54. The van der Waals surface area contributed by atoms with Crippen LogP contribution in [-0.4, -0.2) is 45.7 Å². The predicted molar refractivity (Wildman–Crippen MR) is 121 cm³/mol. The molecule has 2 rings (SSSR count). The normalized spacial score (nSPS) is 18.6. The molecule has 162 valence electrons. The van der Waals surface area contributed by atoms with Crippen molar-refractivity contribution >= 4 is 20.8 Å². The average molecular weight is 420 g/mol. The summed E-state index contributed by atoms with van der Waals surface area (Å²) in [5.74, 6) is 0.695. The van der Waals surface area contributed by atoms with Gasteiger partial charge in [-0.25, -0.2) is 4.99 Å². The van der Waals surface area contributed by atoms with Crippen molar-refractivity contribution in [1.82, 2.24) is 0 Å². The first kappa shape index (κ1) is 23.8. The van der Waals surface area contributed by atoms with Gasteiger partial charge in [-0.15, -0.1) is 0 Å². The summed E-state index contributed by atoms with van der Waals surface area (Å²) in [5.41, 5.74) is 4.67. The number of aryl methyl sites for hydroxylation is 1. The Morgan fingerprint density at radius 2 is 1.62 bits per heavy atom. The Kier molecular flexibility index (Phi) is 7.84. The topological polar surface area (TPSA) is 49.3 Å². The van der Waals surface area contributed by atoms with Gasteiger partial charge in [0.15, 0.2) is 0 Å². The van der Waals surface area contributed by atoms with Gasteiger partial charge in [-0.1, -0.05) is 24.3 Å². The van der Waals surface area contributed by atoms with Crippen LogP contribution >= 0.6 is 0 Å². The number of hydrogen-bond acceptors (Lipinski definition) is 5. The van der Waals surface area contributed by atoms with Gasteiger partial charge in [-0.3, -0.25) is 0 Å². The summed E-state index contributed by atoms with van der Waals surface area (Å²) in [7, 11) is -2.89. The van der Waals surface area contributed by atoms with Gasteiger partial charge in [0, 0.05) is 31.8 Å². The smallest absolute Gasteiger partial charge is 0.471 e. The first-order valence-electron chi connectivity index (χ1n) is 10.6. The van der Waals surface area contributed by atoms with Gasteiger partial charge in [0.05, 0.1) is 5.54 Å². The van der Waals surface area contributed by atoms with Crippen molar-refractivity contribution in [2.45, 2.75) is 73.0 Å². The summed E-state index contributed by atoms with van der Waals surface area (Å²) in [6, 6.07) is 6.21. The lowest BCUT2D eigenvalue weighted by Gasteiger charge is -2.39. The van der Waals surface area contributed by atoms with E-state index in [9.17, 15) is 0 Å². The first-order valence-corrected chi connectivity index (χ1v) is 12.4. The minimum absolute atomic E-state index is 0.180. The molecular weight excluding hydrogens is 382 g/mol. The fourth-order valence-electron chi connectivity index (χ4n) is 3.97. The summed E-state index contributed by atoms with van der Waals surface area (Å²) in [5, 5.41) is 0. The number of benzene rings is 1. The summed E-state index contributed by atoms with van der Waals surface area (Å²) in [4.78, 5) is 4.93. The highest BCUT2D eigenvalue weighted by Crippen LogP contribution is 2.34. The Morgan fingerprint density at radius 3 is 2.14 bits per heavy atom. The van der Waals surface area contributed by atoms with E-state index in [1.165, 1.54) is 0 Å². The van der Waals surface area contributed by atoms with Crippen LogP contribution in [0.25, 0.3) is 6.08 Å². The fourth-order valence-corrected chi connectivity index (χ4v) is 6.10. The molecule has 29 heavy (non-hydrogen) atoms. The van der Waals surface area contributed by atoms with E-state index in [1.54, 1.807) is 0 Å². The minimum atomic E-state index is -2.89. The zero-order valence-corrected chi connectivity index (χ0v) is 20.3. The van der Waals surface area contributed by atoms with Crippen LogP contribution < -0.4 is 0 Å². The fraction of sp³-hybridized carbons (Fsp3) is 0.609. The molecule has 0 unspecified atom stereocenters. The largest absolute Gasteiger partial charge is 0.529 e. The second kappa shape index (κ2) is 9.56. The van der Waals surface area contributed by atoms with Gasteiger partial charge in [-0.05, 0) is 72.2 Å². The van der Waals surface area contributed by atoms with E-state index in [4.69, 9.17) is 23.0 Å². The SMILES string of the molecule is CCO[Si](/C=C/c1cccc(C)c1C1=NC(C)(C)CC(C)(C)O1)(OCC)OCC. The van der Waals surface area contributed by atoms with Crippen molar-refractivity contribution in [2.75, 3.05) is 19.8 Å².